The highest BCUT2D eigenvalue weighted by Gasteiger charge is 2.01. The van der Waals surface area contributed by atoms with E-state index in [1.807, 2.05) is 23.1 Å². The lowest BCUT2D eigenvalue weighted by molar-refractivity contribution is 0.303. The fourth-order valence-corrected chi connectivity index (χ4v) is 1.16. The van der Waals surface area contributed by atoms with Crippen molar-refractivity contribution >= 4 is 5.69 Å². The molecule has 1 heterocycles. The zero-order valence-electron chi connectivity index (χ0n) is 7.56. The summed E-state index contributed by atoms with van der Waals surface area (Å²) in [6.07, 6.45) is 5.29. The molecule has 0 aliphatic heterocycles. The molecule has 70 valence electrons. The summed E-state index contributed by atoms with van der Waals surface area (Å²) in [4.78, 5) is 5.97. The van der Waals surface area contributed by atoms with Crippen molar-refractivity contribution in [1.29, 1.82) is 0 Å². The zero-order chi connectivity index (χ0) is 9.52. The standard InChI is InChI=1S/C10H14N2O/c1-2-7-12(8-9-13)10-3-5-11-6-4-10/h2-6,13H,1,7-9H2. The Morgan fingerprint density at radius 3 is 2.69 bits per heavy atom. The summed E-state index contributed by atoms with van der Waals surface area (Å²) in [6.45, 7) is 5.18. The number of anilines is 1. The predicted octanol–water partition coefficient (Wildman–Crippen LogP) is 1.07. The van der Waals surface area contributed by atoms with Crippen molar-refractivity contribution in [3.05, 3.63) is 37.2 Å². The van der Waals surface area contributed by atoms with Crippen molar-refractivity contribution in [2.75, 3.05) is 24.6 Å². The Bertz CT molecular complexity index is 248. The lowest BCUT2D eigenvalue weighted by atomic mass is 10.3. The van der Waals surface area contributed by atoms with Gasteiger partial charge in [-0.1, -0.05) is 6.08 Å². The SMILES string of the molecule is C=CCN(CCO)c1ccncc1. The highest BCUT2D eigenvalue weighted by Crippen LogP contribution is 2.10. The monoisotopic (exact) mass is 178 g/mol. The molecule has 0 aromatic carbocycles. The molecule has 0 saturated carbocycles. The lowest BCUT2D eigenvalue weighted by Gasteiger charge is -2.21. The maximum Gasteiger partial charge on any atom is 0.0606 e. The van der Waals surface area contributed by atoms with Crippen LogP contribution in [0.25, 0.3) is 0 Å². The van der Waals surface area contributed by atoms with Crippen LogP contribution in [0.3, 0.4) is 0 Å². The number of hydrogen-bond donors (Lipinski definition) is 1. The Labute approximate surface area is 78.3 Å². The van der Waals surface area contributed by atoms with Gasteiger partial charge in [0.1, 0.15) is 0 Å². The fraction of sp³-hybridized carbons (Fsp3) is 0.300. The van der Waals surface area contributed by atoms with Gasteiger partial charge in [0.25, 0.3) is 0 Å². The van der Waals surface area contributed by atoms with Crippen molar-refractivity contribution in [2.24, 2.45) is 0 Å². The van der Waals surface area contributed by atoms with Gasteiger partial charge in [-0.3, -0.25) is 4.98 Å². The van der Waals surface area contributed by atoms with E-state index in [0.717, 1.165) is 12.2 Å². The van der Waals surface area contributed by atoms with E-state index in [1.54, 1.807) is 12.4 Å². The Morgan fingerprint density at radius 2 is 2.15 bits per heavy atom. The van der Waals surface area contributed by atoms with Crippen LogP contribution in [0.2, 0.25) is 0 Å². The van der Waals surface area contributed by atoms with Crippen molar-refractivity contribution in [1.82, 2.24) is 4.98 Å². The molecule has 1 rings (SSSR count). The van der Waals surface area contributed by atoms with Crippen LogP contribution in [0.4, 0.5) is 5.69 Å². The topological polar surface area (TPSA) is 36.4 Å². The van der Waals surface area contributed by atoms with E-state index in [0.29, 0.717) is 6.54 Å². The molecular formula is C10H14N2O. The van der Waals surface area contributed by atoms with Crippen molar-refractivity contribution in [2.45, 2.75) is 0 Å². The van der Waals surface area contributed by atoms with Gasteiger partial charge < -0.3 is 10.0 Å². The van der Waals surface area contributed by atoms with Crippen LogP contribution in [0.1, 0.15) is 0 Å². The van der Waals surface area contributed by atoms with Gasteiger partial charge in [-0.05, 0) is 12.1 Å². The largest absolute Gasteiger partial charge is 0.395 e. The van der Waals surface area contributed by atoms with E-state index in [4.69, 9.17) is 5.11 Å². The average Bonchev–Trinajstić information content (AvgIpc) is 2.19. The molecule has 0 aliphatic rings. The third-order valence-corrected chi connectivity index (χ3v) is 1.75. The molecule has 13 heavy (non-hydrogen) atoms. The second-order valence-corrected chi connectivity index (χ2v) is 2.66. The normalized spacial score (nSPS) is 9.62. The van der Waals surface area contributed by atoms with Crippen LogP contribution >= 0.6 is 0 Å². The first-order chi connectivity index (χ1) is 6.38. The third-order valence-electron chi connectivity index (χ3n) is 1.75. The summed E-state index contributed by atoms with van der Waals surface area (Å²) in [5.41, 5.74) is 1.06. The van der Waals surface area contributed by atoms with E-state index in [2.05, 4.69) is 11.6 Å². The van der Waals surface area contributed by atoms with Crippen LogP contribution < -0.4 is 4.90 Å². The molecule has 0 saturated heterocycles. The first-order valence-electron chi connectivity index (χ1n) is 4.25. The van der Waals surface area contributed by atoms with Gasteiger partial charge in [0, 0.05) is 31.2 Å². The Morgan fingerprint density at radius 1 is 1.46 bits per heavy atom. The molecule has 0 bridgehead atoms. The third kappa shape index (κ3) is 2.87. The number of aliphatic hydroxyl groups is 1. The molecule has 0 aliphatic carbocycles. The quantitative estimate of drug-likeness (QED) is 0.685. The number of rotatable bonds is 5. The summed E-state index contributed by atoms with van der Waals surface area (Å²) in [7, 11) is 0. The number of hydrogen-bond acceptors (Lipinski definition) is 3. The lowest BCUT2D eigenvalue weighted by Crippen LogP contribution is -2.26. The van der Waals surface area contributed by atoms with Crippen LogP contribution in [0.15, 0.2) is 37.2 Å². The maximum atomic E-state index is 8.83. The molecule has 1 N–H and O–H groups in total. The molecule has 3 nitrogen and oxygen atoms in total. The van der Waals surface area contributed by atoms with E-state index < -0.39 is 0 Å². The first-order valence-corrected chi connectivity index (χ1v) is 4.25. The average molecular weight is 178 g/mol. The van der Waals surface area contributed by atoms with Crippen LogP contribution in [0, 0.1) is 0 Å². The first kappa shape index (κ1) is 9.74. The zero-order valence-corrected chi connectivity index (χ0v) is 7.56. The van der Waals surface area contributed by atoms with Gasteiger partial charge >= 0.3 is 0 Å². The number of aliphatic hydroxyl groups excluding tert-OH is 1. The molecule has 0 atom stereocenters. The molecule has 1 aromatic heterocycles. The van der Waals surface area contributed by atoms with Gasteiger partial charge in [0.15, 0.2) is 0 Å². The molecule has 0 fully saturated rings. The minimum atomic E-state index is 0.149. The Kier molecular flexibility index (Phi) is 3.99. The van der Waals surface area contributed by atoms with Crippen LogP contribution in [-0.2, 0) is 0 Å². The van der Waals surface area contributed by atoms with Crippen LogP contribution in [0.5, 0.6) is 0 Å². The van der Waals surface area contributed by atoms with E-state index in [-0.39, 0.29) is 6.61 Å². The predicted molar refractivity (Wildman–Crippen MR) is 53.7 cm³/mol. The van der Waals surface area contributed by atoms with Crippen molar-refractivity contribution in [3.63, 3.8) is 0 Å². The van der Waals surface area contributed by atoms with E-state index >= 15 is 0 Å². The number of pyridine rings is 1. The van der Waals surface area contributed by atoms with Gasteiger partial charge in [0.05, 0.1) is 6.61 Å². The molecule has 0 amide bonds. The summed E-state index contributed by atoms with van der Waals surface area (Å²) >= 11 is 0. The van der Waals surface area contributed by atoms with E-state index in [1.165, 1.54) is 0 Å². The van der Waals surface area contributed by atoms with Gasteiger partial charge in [0.2, 0.25) is 0 Å². The van der Waals surface area contributed by atoms with Gasteiger partial charge in [-0.2, -0.15) is 0 Å². The van der Waals surface area contributed by atoms with E-state index in [9.17, 15) is 0 Å². The van der Waals surface area contributed by atoms with Crippen molar-refractivity contribution < 1.29 is 5.11 Å². The number of nitrogens with zero attached hydrogens (tertiary/aromatic N) is 2. The summed E-state index contributed by atoms with van der Waals surface area (Å²) < 4.78 is 0. The van der Waals surface area contributed by atoms with Crippen molar-refractivity contribution in [3.8, 4) is 0 Å². The minimum absolute atomic E-state index is 0.149. The molecule has 0 radical (unpaired) electrons. The minimum Gasteiger partial charge on any atom is -0.395 e. The molecule has 3 heteroatoms. The Balaban J connectivity index is 2.69. The Hall–Kier alpha value is -1.35. The molecule has 1 aromatic rings. The maximum absolute atomic E-state index is 8.83. The smallest absolute Gasteiger partial charge is 0.0606 e. The summed E-state index contributed by atoms with van der Waals surface area (Å²) in [5.74, 6) is 0. The van der Waals surface area contributed by atoms with Gasteiger partial charge in [-0.25, -0.2) is 0 Å². The second kappa shape index (κ2) is 5.32. The highest BCUT2D eigenvalue weighted by atomic mass is 16.3. The summed E-state index contributed by atoms with van der Waals surface area (Å²) in [6, 6.07) is 3.83. The molecular weight excluding hydrogens is 164 g/mol. The summed E-state index contributed by atoms with van der Waals surface area (Å²) in [5, 5.41) is 8.83. The number of aromatic nitrogens is 1. The highest BCUT2D eigenvalue weighted by molar-refractivity contribution is 5.45. The molecule has 0 unspecified atom stereocenters. The molecule has 0 spiro atoms. The fourth-order valence-electron chi connectivity index (χ4n) is 1.16. The van der Waals surface area contributed by atoms with Gasteiger partial charge in [-0.15, -0.1) is 6.58 Å². The second-order valence-electron chi connectivity index (χ2n) is 2.66. The van der Waals surface area contributed by atoms with Crippen LogP contribution in [-0.4, -0.2) is 29.8 Å².